The number of rotatable bonds is 6. The molecule has 0 aliphatic carbocycles. The van der Waals surface area contributed by atoms with E-state index in [9.17, 15) is 9.18 Å². The summed E-state index contributed by atoms with van der Waals surface area (Å²) in [5, 5.41) is 5.51. The molecule has 1 amide bonds. The molecule has 2 N–H and O–H groups in total. The predicted molar refractivity (Wildman–Crippen MR) is 71.1 cm³/mol. The zero-order chi connectivity index (χ0) is 12.7. The molecule has 0 saturated carbocycles. The van der Waals surface area contributed by atoms with Crippen molar-refractivity contribution in [1.82, 2.24) is 10.6 Å². The lowest BCUT2D eigenvalue weighted by Crippen LogP contribution is -2.33. The molecule has 0 aromatic heterocycles. The standard InChI is InChI=1S/C11H14ClFN2O2.ClH/c1-14-4-5-15-11(16)7-17-8-2-3-10(13)9(12)6-8;/h2-3,6,14H,4-5,7H2,1H3,(H,15,16);1H. The Labute approximate surface area is 116 Å². The molecule has 0 heterocycles. The SMILES string of the molecule is CNCCNC(=O)COc1ccc(F)c(Cl)c1.Cl. The second kappa shape index (κ2) is 8.97. The van der Waals surface area contributed by atoms with Gasteiger partial charge in [0.25, 0.3) is 5.91 Å². The minimum absolute atomic E-state index is 0. The molecule has 0 bridgehead atoms. The van der Waals surface area contributed by atoms with Crippen LogP contribution in [-0.2, 0) is 4.79 Å². The van der Waals surface area contributed by atoms with Gasteiger partial charge in [-0.3, -0.25) is 4.79 Å². The van der Waals surface area contributed by atoms with E-state index in [0.717, 1.165) is 0 Å². The van der Waals surface area contributed by atoms with Crippen molar-refractivity contribution in [3.05, 3.63) is 29.0 Å². The second-order valence-electron chi connectivity index (χ2n) is 3.32. The summed E-state index contributed by atoms with van der Waals surface area (Å²) in [4.78, 5) is 11.3. The maximum atomic E-state index is 12.8. The van der Waals surface area contributed by atoms with Gasteiger partial charge in [-0.15, -0.1) is 12.4 Å². The average Bonchev–Trinajstić information content (AvgIpc) is 2.31. The molecular weight excluding hydrogens is 282 g/mol. The van der Waals surface area contributed by atoms with Crippen molar-refractivity contribution in [2.45, 2.75) is 0 Å². The fourth-order valence-electron chi connectivity index (χ4n) is 1.09. The first-order valence-corrected chi connectivity index (χ1v) is 5.50. The monoisotopic (exact) mass is 296 g/mol. The first-order chi connectivity index (χ1) is 8.13. The van der Waals surface area contributed by atoms with Crippen LogP contribution < -0.4 is 15.4 Å². The molecule has 0 fully saturated rings. The molecule has 0 saturated heterocycles. The third kappa shape index (κ3) is 6.05. The second-order valence-corrected chi connectivity index (χ2v) is 3.73. The van der Waals surface area contributed by atoms with E-state index < -0.39 is 5.82 Å². The highest BCUT2D eigenvalue weighted by Crippen LogP contribution is 2.20. The van der Waals surface area contributed by atoms with Crippen molar-refractivity contribution in [3.8, 4) is 5.75 Å². The molecule has 0 aliphatic heterocycles. The molecule has 0 spiro atoms. The Balaban J connectivity index is 0.00000289. The van der Waals surface area contributed by atoms with Crippen LogP contribution in [0.2, 0.25) is 5.02 Å². The first kappa shape index (κ1) is 17.0. The van der Waals surface area contributed by atoms with Crippen molar-refractivity contribution in [1.29, 1.82) is 0 Å². The van der Waals surface area contributed by atoms with Crippen LogP contribution in [0, 0.1) is 5.82 Å². The van der Waals surface area contributed by atoms with Crippen molar-refractivity contribution in [2.75, 3.05) is 26.7 Å². The number of ether oxygens (including phenoxy) is 1. The average molecular weight is 297 g/mol. The maximum Gasteiger partial charge on any atom is 0.257 e. The summed E-state index contributed by atoms with van der Waals surface area (Å²) in [5.74, 6) is -0.390. The van der Waals surface area contributed by atoms with Crippen molar-refractivity contribution >= 4 is 29.9 Å². The predicted octanol–water partition coefficient (Wildman–Crippen LogP) is 1.62. The smallest absolute Gasteiger partial charge is 0.257 e. The Hall–Kier alpha value is -1.04. The summed E-state index contributed by atoms with van der Waals surface area (Å²) >= 11 is 5.57. The van der Waals surface area contributed by atoms with E-state index in [2.05, 4.69) is 10.6 Å². The lowest BCUT2D eigenvalue weighted by Gasteiger charge is -2.07. The number of hydrogen-bond donors (Lipinski definition) is 2. The first-order valence-electron chi connectivity index (χ1n) is 5.12. The van der Waals surface area contributed by atoms with Gasteiger partial charge in [-0.05, 0) is 19.2 Å². The van der Waals surface area contributed by atoms with Gasteiger partial charge in [0.2, 0.25) is 0 Å². The van der Waals surface area contributed by atoms with Gasteiger partial charge in [0, 0.05) is 19.2 Å². The number of amides is 1. The van der Waals surface area contributed by atoms with Crippen LogP contribution in [0.1, 0.15) is 0 Å². The molecule has 0 unspecified atom stereocenters. The Bertz CT molecular complexity index is 391. The number of likely N-dealkylation sites (N-methyl/N-ethyl adjacent to an activating group) is 1. The summed E-state index contributed by atoms with van der Waals surface area (Å²) in [6.45, 7) is 1.10. The molecule has 0 radical (unpaired) electrons. The van der Waals surface area contributed by atoms with E-state index in [1.54, 1.807) is 7.05 Å². The molecule has 0 atom stereocenters. The van der Waals surface area contributed by atoms with E-state index in [4.69, 9.17) is 16.3 Å². The lowest BCUT2D eigenvalue weighted by molar-refractivity contribution is -0.123. The number of carbonyl (C=O) groups is 1. The van der Waals surface area contributed by atoms with Gasteiger partial charge in [0.15, 0.2) is 6.61 Å². The minimum Gasteiger partial charge on any atom is -0.484 e. The van der Waals surface area contributed by atoms with E-state index in [0.29, 0.717) is 18.8 Å². The third-order valence-corrected chi connectivity index (χ3v) is 2.25. The zero-order valence-corrected chi connectivity index (χ0v) is 11.4. The fraction of sp³-hybridized carbons (Fsp3) is 0.364. The molecule has 1 aromatic carbocycles. The number of halogens is 3. The Morgan fingerprint density at radius 1 is 1.44 bits per heavy atom. The van der Waals surface area contributed by atoms with Gasteiger partial charge in [-0.1, -0.05) is 11.6 Å². The normalized spacial score (nSPS) is 9.50. The van der Waals surface area contributed by atoms with Crippen LogP contribution >= 0.6 is 24.0 Å². The Morgan fingerprint density at radius 3 is 2.78 bits per heavy atom. The summed E-state index contributed by atoms with van der Waals surface area (Å²) in [7, 11) is 1.79. The van der Waals surface area contributed by atoms with Crippen LogP contribution in [-0.4, -0.2) is 32.7 Å². The quantitative estimate of drug-likeness (QED) is 0.784. The molecule has 1 aromatic rings. The fourth-order valence-corrected chi connectivity index (χ4v) is 1.26. The topological polar surface area (TPSA) is 50.4 Å². The Morgan fingerprint density at radius 2 is 2.17 bits per heavy atom. The van der Waals surface area contributed by atoms with Crippen LogP contribution in [0.15, 0.2) is 18.2 Å². The van der Waals surface area contributed by atoms with Crippen molar-refractivity contribution in [2.24, 2.45) is 0 Å². The van der Waals surface area contributed by atoms with E-state index in [-0.39, 0.29) is 29.9 Å². The highest BCUT2D eigenvalue weighted by atomic mass is 35.5. The number of hydrogen-bond acceptors (Lipinski definition) is 3. The van der Waals surface area contributed by atoms with Gasteiger partial charge in [0.05, 0.1) is 5.02 Å². The van der Waals surface area contributed by atoms with Gasteiger partial charge in [-0.25, -0.2) is 4.39 Å². The number of carbonyl (C=O) groups excluding carboxylic acids is 1. The van der Waals surface area contributed by atoms with Crippen LogP contribution in [0.5, 0.6) is 5.75 Å². The summed E-state index contributed by atoms with van der Waals surface area (Å²) in [5.41, 5.74) is 0. The third-order valence-electron chi connectivity index (χ3n) is 1.96. The summed E-state index contributed by atoms with van der Waals surface area (Å²) < 4.78 is 18.0. The maximum absolute atomic E-state index is 12.8. The largest absolute Gasteiger partial charge is 0.484 e. The summed E-state index contributed by atoms with van der Waals surface area (Å²) in [6, 6.07) is 3.94. The Kier molecular flexibility index (Phi) is 8.45. The van der Waals surface area contributed by atoms with Gasteiger partial charge in [0.1, 0.15) is 11.6 Å². The van der Waals surface area contributed by atoms with Gasteiger partial charge >= 0.3 is 0 Å². The number of benzene rings is 1. The number of nitrogens with one attached hydrogen (secondary N) is 2. The molecule has 7 heteroatoms. The molecule has 4 nitrogen and oxygen atoms in total. The molecule has 102 valence electrons. The minimum atomic E-state index is -0.516. The van der Waals surface area contributed by atoms with E-state index in [1.165, 1.54) is 18.2 Å². The zero-order valence-electron chi connectivity index (χ0n) is 9.83. The van der Waals surface area contributed by atoms with Gasteiger partial charge in [-0.2, -0.15) is 0 Å². The molecule has 18 heavy (non-hydrogen) atoms. The lowest BCUT2D eigenvalue weighted by atomic mass is 10.3. The van der Waals surface area contributed by atoms with Crippen LogP contribution in [0.4, 0.5) is 4.39 Å². The van der Waals surface area contributed by atoms with E-state index in [1.807, 2.05) is 0 Å². The summed E-state index contributed by atoms with van der Waals surface area (Å²) in [6.07, 6.45) is 0. The molecule has 0 aliphatic rings. The highest BCUT2D eigenvalue weighted by molar-refractivity contribution is 6.30. The van der Waals surface area contributed by atoms with Crippen molar-refractivity contribution < 1.29 is 13.9 Å². The van der Waals surface area contributed by atoms with Crippen LogP contribution in [0.3, 0.4) is 0 Å². The van der Waals surface area contributed by atoms with E-state index >= 15 is 0 Å². The molecular formula is C11H15Cl2FN2O2. The van der Waals surface area contributed by atoms with Gasteiger partial charge < -0.3 is 15.4 Å². The molecule has 1 rings (SSSR count). The highest BCUT2D eigenvalue weighted by Gasteiger charge is 2.04. The van der Waals surface area contributed by atoms with Crippen molar-refractivity contribution in [3.63, 3.8) is 0 Å². The van der Waals surface area contributed by atoms with Crippen LogP contribution in [0.25, 0.3) is 0 Å².